The molecule has 0 radical (unpaired) electrons. The molecule has 0 aliphatic heterocycles. The number of nitrogens with one attached hydrogen (secondary N) is 1. The van der Waals surface area contributed by atoms with Gasteiger partial charge in [-0.1, -0.05) is 25.6 Å². The molecule has 6 nitrogen and oxygen atoms in total. The van der Waals surface area contributed by atoms with Crippen molar-refractivity contribution in [2.75, 3.05) is 0 Å². The monoisotopic (exact) mass is 295 g/mol. The number of amides is 1. The molecule has 3 N–H and O–H groups in total. The number of hydrogen-bond donors (Lipinski definition) is 2. The Balaban J connectivity index is 1.84. The average molecular weight is 295 g/mol. The second kappa shape index (κ2) is 5.37. The Morgan fingerprint density at radius 1 is 1.35 bits per heavy atom. The standard InChI is InChI=1S/C13H21N5OS/c1-7(2)10(12(19)15-14)20-13-17-16-11(8-3-4-8)18(13)9-5-6-9/h7-10H,3-6,14H2,1-2H3,(H,15,19). The summed E-state index contributed by atoms with van der Waals surface area (Å²) >= 11 is 1.49. The molecule has 0 bridgehead atoms. The molecular formula is C13H21N5OS. The third-order valence-corrected chi connectivity index (χ3v) is 5.29. The first kappa shape index (κ1) is 13.9. The van der Waals surface area contributed by atoms with Crippen molar-refractivity contribution >= 4 is 17.7 Å². The van der Waals surface area contributed by atoms with Gasteiger partial charge >= 0.3 is 0 Å². The highest BCUT2D eigenvalue weighted by Crippen LogP contribution is 2.46. The fraction of sp³-hybridized carbons (Fsp3) is 0.769. The van der Waals surface area contributed by atoms with Gasteiger partial charge in [0.25, 0.3) is 0 Å². The van der Waals surface area contributed by atoms with Crippen molar-refractivity contribution in [2.24, 2.45) is 11.8 Å². The van der Waals surface area contributed by atoms with Crippen LogP contribution in [0.5, 0.6) is 0 Å². The van der Waals surface area contributed by atoms with Crippen LogP contribution < -0.4 is 11.3 Å². The van der Waals surface area contributed by atoms with Crippen LogP contribution in [0.15, 0.2) is 5.16 Å². The minimum atomic E-state index is -0.228. The van der Waals surface area contributed by atoms with E-state index < -0.39 is 0 Å². The molecule has 2 fully saturated rings. The zero-order valence-corrected chi connectivity index (χ0v) is 12.7. The lowest BCUT2D eigenvalue weighted by Crippen LogP contribution is -2.40. The lowest BCUT2D eigenvalue weighted by Gasteiger charge is -2.18. The van der Waals surface area contributed by atoms with Crippen LogP contribution in [0.2, 0.25) is 0 Å². The lowest BCUT2D eigenvalue weighted by atomic mass is 10.1. The summed E-state index contributed by atoms with van der Waals surface area (Å²) in [6, 6.07) is 0.539. The number of nitrogens with two attached hydrogens (primary N) is 1. The van der Waals surface area contributed by atoms with Gasteiger partial charge < -0.3 is 4.57 Å². The quantitative estimate of drug-likeness (QED) is 0.360. The zero-order valence-electron chi connectivity index (χ0n) is 11.9. The Hall–Kier alpha value is -1.08. The van der Waals surface area contributed by atoms with E-state index in [1.807, 2.05) is 13.8 Å². The van der Waals surface area contributed by atoms with Crippen LogP contribution in [0, 0.1) is 5.92 Å². The minimum absolute atomic E-state index is 0.150. The molecule has 1 heterocycles. The van der Waals surface area contributed by atoms with Crippen molar-refractivity contribution in [3.05, 3.63) is 5.82 Å². The lowest BCUT2D eigenvalue weighted by molar-refractivity contribution is -0.121. The van der Waals surface area contributed by atoms with E-state index in [1.54, 1.807) is 0 Å². The summed E-state index contributed by atoms with van der Waals surface area (Å²) in [5, 5.41) is 9.34. The van der Waals surface area contributed by atoms with Crippen LogP contribution >= 0.6 is 11.8 Å². The van der Waals surface area contributed by atoms with Gasteiger partial charge in [-0.25, -0.2) is 5.84 Å². The van der Waals surface area contributed by atoms with Crippen LogP contribution in [-0.4, -0.2) is 25.9 Å². The van der Waals surface area contributed by atoms with Gasteiger partial charge in [-0.15, -0.1) is 10.2 Å². The smallest absolute Gasteiger partial charge is 0.247 e. The molecule has 2 saturated carbocycles. The second-order valence-electron chi connectivity index (χ2n) is 6.01. The largest absolute Gasteiger partial charge is 0.303 e. The maximum atomic E-state index is 11.9. The molecule has 7 heteroatoms. The Morgan fingerprint density at radius 2 is 2.05 bits per heavy atom. The number of aromatic nitrogens is 3. The number of hydrazine groups is 1. The molecular weight excluding hydrogens is 274 g/mol. The molecule has 1 unspecified atom stereocenters. The van der Waals surface area contributed by atoms with Crippen LogP contribution in [0.25, 0.3) is 0 Å². The topological polar surface area (TPSA) is 85.8 Å². The molecule has 1 amide bonds. The Kier molecular flexibility index (Phi) is 3.72. The van der Waals surface area contributed by atoms with Gasteiger partial charge in [0.1, 0.15) is 5.82 Å². The number of carbonyl (C=O) groups is 1. The highest BCUT2D eigenvalue weighted by molar-refractivity contribution is 8.00. The van der Waals surface area contributed by atoms with Crippen LogP contribution in [0.1, 0.15) is 57.3 Å². The van der Waals surface area contributed by atoms with Gasteiger partial charge in [0.2, 0.25) is 5.91 Å². The van der Waals surface area contributed by atoms with Crippen molar-refractivity contribution in [1.82, 2.24) is 20.2 Å². The van der Waals surface area contributed by atoms with Crippen molar-refractivity contribution in [3.8, 4) is 0 Å². The molecule has 0 spiro atoms. The molecule has 20 heavy (non-hydrogen) atoms. The third-order valence-electron chi connectivity index (χ3n) is 3.78. The minimum Gasteiger partial charge on any atom is -0.303 e. The van der Waals surface area contributed by atoms with E-state index in [4.69, 9.17) is 5.84 Å². The number of hydrogen-bond acceptors (Lipinski definition) is 5. The van der Waals surface area contributed by atoms with Gasteiger partial charge in [0.15, 0.2) is 5.16 Å². The molecule has 2 aliphatic carbocycles. The predicted octanol–water partition coefficient (Wildman–Crippen LogP) is 1.60. The molecule has 2 aliphatic rings. The van der Waals surface area contributed by atoms with Gasteiger partial charge in [0.05, 0.1) is 5.25 Å². The van der Waals surface area contributed by atoms with E-state index in [-0.39, 0.29) is 17.1 Å². The summed E-state index contributed by atoms with van der Waals surface area (Å²) in [6.07, 6.45) is 4.82. The van der Waals surface area contributed by atoms with Crippen LogP contribution in [0.3, 0.4) is 0 Å². The van der Waals surface area contributed by atoms with E-state index >= 15 is 0 Å². The molecule has 1 aromatic rings. The van der Waals surface area contributed by atoms with Gasteiger partial charge in [-0.3, -0.25) is 10.2 Å². The molecule has 110 valence electrons. The summed E-state index contributed by atoms with van der Waals surface area (Å²) in [6.45, 7) is 4.04. The molecule has 0 saturated heterocycles. The average Bonchev–Trinajstić information content (AvgIpc) is 3.33. The summed E-state index contributed by atoms with van der Waals surface area (Å²) < 4.78 is 2.27. The Labute approximate surface area is 122 Å². The first-order chi connectivity index (χ1) is 9.61. The highest BCUT2D eigenvalue weighted by atomic mass is 32.2. The fourth-order valence-electron chi connectivity index (χ4n) is 2.35. The molecule has 3 rings (SSSR count). The second-order valence-corrected chi connectivity index (χ2v) is 7.12. The van der Waals surface area contributed by atoms with Crippen molar-refractivity contribution < 1.29 is 4.79 Å². The van der Waals surface area contributed by atoms with E-state index in [2.05, 4.69) is 20.2 Å². The van der Waals surface area contributed by atoms with E-state index in [9.17, 15) is 4.79 Å². The summed E-state index contributed by atoms with van der Waals surface area (Å²) in [7, 11) is 0. The number of nitrogens with zero attached hydrogens (tertiary/aromatic N) is 3. The Morgan fingerprint density at radius 3 is 2.55 bits per heavy atom. The van der Waals surface area contributed by atoms with E-state index in [1.165, 1.54) is 37.4 Å². The van der Waals surface area contributed by atoms with Gasteiger partial charge in [-0.05, 0) is 31.6 Å². The first-order valence-corrected chi connectivity index (χ1v) is 8.11. The third kappa shape index (κ3) is 2.69. The SMILES string of the molecule is CC(C)C(Sc1nnc(C2CC2)n1C1CC1)C(=O)NN. The van der Waals surface area contributed by atoms with Crippen molar-refractivity contribution in [2.45, 2.75) is 61.9 Å². The van der Waals surface area contributed by atoms with Gasteiger partial charge in [0, 0.05) is 12.0 Å². The fourth-order valence-corrected chi connectivity index (χ4v) is 3.47. The summed E-state index contributed by atoms with van der Waals surface area (Å²) in [5.74, 6) is 7.02. The van der Waals surface area contributed by atoms with Crippen molar-refractivity contribution in [3.63, 3.8) is 0 Å². The maximum Gasteiger partial charge on any atom is 0.247 e. The van der Waals surface area contributed by atoms with Gasteiger partial charge in [-0.2, -0.15) is 0 Å². The molecule has 1 aromatic heterocycles. The zero-order chi connectivity index (χ0) is 14.3. The van der Waals surface area contributed by atoms with Crippen LogP contribution in [-0.2, 0) is 4.79 Å². The summed E-state index contributed by atoms with van der Waals surface area (Å²) in [5.41, 5.74) is 2.26. The highest BCUT2D eigenvalue weighted by Gasteiger charge is 2.37. The maximum absolute atomic E-state index is 11.9. The number of carbonyl (C=O) groups excluding carboxylic acids is 1. The molecule has 0 aromatic carbocycles. The van der Waals surface area contributed by atoms with Crippen molar-refractivity contribution in [1.29, 1.82) is 0 Å². The van der Waals surface area contributed by atoms with E-state index in [0.29, 0.717) is 12.0 Å². The first-order valence-electron chi connectivity index (χ1n) is 7.23. The summed E-state index contributed by atoms with van der Waals surface area (Å²) in [4.78, 5) is 11.9. The number of rotatable bonds is 6. The normalized spacial score (nSPS) is 20.2. The van der Waals surface area contributed by atoms with E-state index in [0.717, 1.165) is 11.0 Å². The predicted molar refractivity (Wildman–Crippen MR) is 77.1 cm³/mol. The van der Waals surface area contributed by atoms with Crippen LogP contribution in [0.4, 0.5) is 0 Å². The Bertz CT molecular complexity index is 507. The molecule has 1 atom stereocenters. The number of thioether (sulfide) groups is 1.